The summed E-state index contributed by atoms with van der Waals surface area (Å²) in [5, 5.41) is 3.23. The minimum absolute atomic E-state index is 0.119. The molecular weight excluding hydrogens is 354 g/mol. The molecule has 0 aromatic heterocycles. The Labute approximate surface area is 145 Å². The monoisotopic (exact) mass is 373 g/mol. The van der Waals surface area contributed by atoms with Crippen molar-refractivity contribution in [2.75, 3.05) is 13.1 Å². The highest BCUT2D eigenvalue weighted by molar-refractivity contribution is 9.10. The highest BCUT2D eigenvalue weighted by atomic mass is 79.9. The fourth-order valence-electron chi connectivity index (χ4n) is 3.18. The van der Waals surface area contributed by atoms with E-state index in [1.807, 2.05) is 18.2 Å². The van der Waals surface area contributed by atoms with Gasteiger partial charge in [0.1, 0.15) is 12.2 Å². The highest BCUT2D eigenvalue weighted by Gasteiger charge is 2.26. The molecule has 2 aliphatic rings. The second-order valence-electron chi connectivity index (χ2n) is 6.34. The Morgan fingerprint density at radius 1 is 1.04 bits per heavy atom. The molecule has 2 aromatic rings. The normalized spacial score (nSPS) is 20.0. The summed E-state index contributed by atoms with van der Waals surface area (Å²) in [6.07, 6.45) is 2.47. The smallest absolute Gasteiger partial charge is 0.162 e. The molecule has 23 heavy (non-hydrogen) atoms. The number of nitrogens with one attached hydrogen (secondary N) is 1. The lowest BCUT2D eigenvalue weighted by molar-refractivity contribution is 0.127. The lowest BCUT2D eigenvalue weighted by Gasteiger charge is -2.29. The van der Waals surface area contributed by atoms with Crippen molar-refractivity contribution in [3.8, 4) is 11.5 Å². The van der Waals surface area contributed by atoms with E-state index >= 15 is 0 Å². The second-order valence-corrected chi connectivity index (χ2v) is 7.25. The van der Waals surface area contributed by atoms with Crippen LogP contribution in [0.3, 0.4) is 0 Å². The maximum absolute atomic E-state index is 6.33. The van der Waals surface area contributed by atoms with Crippen LogP contribution in [0.25, 0.3) is 0 Å². The predicted octanol–water partition coefficient (Wildman–Crippen LogP) is 4.17. The summed E-state index contributed by atoms with van der Waals surface area (Å²) in [6.45, 7) is 3.94. The van der Waals surface area contributed by atoms with Gasteiger partial charge in [-0.2, -0.15) is 0 Å². The van der Waals surface area contributed by atoms with Crippen molar-refractivity contribution in [3.05, 3.63) is 57.6 Å². The number of halogens is 1. The van der Waals surface area contributed by atoms with Gasteiger partial charge in [-0.3, -0.25) is 0 Å². The Morgan fingerprint density at radius 2 is 1.91 bits per heavy atom. The third-order valence-corrected chi connectivity index (χ3v) is 5.03. The van der Waals surface area contributed by atoms with Gasteiger partial charge in [0.2, 0.25) is 0 Å². The van der Waals surface area contributed by atoms with Gasteiger partial charge in [0, 0.05) is 17.6 Å². The lowest BCUT2D eigenvalue weighted by Crippen LogP contribution is -2.50. The van der Waals surface area contributed by atoms with E-state index in [9.17, 15) is 0 Å². The number of benzene rings is 2. The summed E-state index contributed by atoms with van der Waals surface area (Å²) >= 11 is 3.52. The second kappa shape index (κ2) is 6.17. The fraction of sp³-hybridized carbons (Fsp3) is 0.368. The molecule has 1 aliphatic carbocycles. The Kier molecular flexibility index (Phi) is 4.04. The molecule has 1 saturated heterocycles. The van der Waals surface area contributed by atoms with Crippen molar-refractivity contribution < 1.29 is 9.47 Å². The molecule has 0 radical (unpaired) electrons. The maximum Gasteiger partial charge on any atom is 0.162 e. The average Bonchev–Trinajstić information content (AvgIpc) is 2.87. The SMILES string of the molecule is Cc1ccc2c(c1)CCC2Oc1ccc(Br)cc1OC1CNC1. The Hall–Kier alpha value is -1.52. The lowest BCUT2D eigenvalue weighted by atomic mass is 10.1. The molecule has 3 nitrogen and oxygen atoms in total. The molecule has 2 aromatic carbocycles. The molecule has 4 rings (SSSR count). The Bertz CT molecular complexity index is 727. The summed E-state index contributed by atoms with van der Waals surface area (Å²) in [5.41, 5.74) is 4.04. The first kappa shape index (κ1) is 15.0. The molecule has 120 valence electrons. The van der Waals surface area contributed by atoms with Gasteiger partial charge in [-0.05, 0) is 49.1 Å². The van der Waals surface area contributed by atoms with Gasteiger partial charge in [-0.1, -0.05) is 39.7 Å². The summed E-state index contributed by atoms with van der Waals surface area (Å²) in [6, 6.07) is 12.7. The third kappa shape index (κ3) is 3.10. The van der Waals surface area contributed by atoms with Gasteiger partial charge in [-0.15, -0.1) is 0 Å². The molecule has 1 aliphatic heterocycles. The summed E-state index contributed by atoms with van der Waals surface area (Å²) < 4.78 is 13.4. The van der Waals surface area contributed by atoms with Crippen molar-refractivity contribution in [1.82, 2.24) is 5.32 Å². The van der Waals surface area contributed by atoms with Crippen LogP contribution in [-0.2, 0) is 6.42 Å². The van der Waals surface area contributed by atoms with Crippen LogP contribution in [0, 0.1) is 6.92 Å². The first-order valence-corrected chi connectivity index (χ1v) is 8.91. The van der Waals surface area contributed by atoms with Gasteiger partial charge in [0.15, 0.2) is 11.5 Å². The summed E-state index contributed by atoms with van der Waals surface area (Å²) in [7, 11) is 0. The fourth-order valence-corrected chi connectivity index (χ4v) is 3.52. The van der Waals surface area contributed by atoms with Crippen molar-refractivity contribution >= 4 is 15.9 Å². The van der Waals surface area contributed by atoms with Crippen molar-refractivity contribution in [2.45, 2.75) is 32.0 Å². The molecule has 0 amide bonds. The average molecular weight is 374 g/mol. The van der Waals surface area contributed by atoms with Crippen LogP contribution in [0.15, 0.2) is 40.9 Å². The van der Waals surface area contributed by atoms with Gasteiger partial charge < -0.3 is 14.8 Å². The quantitative estimate of drug-likeness (QED) is 0.871. The number of fused-ring (bicyclic) bond motifs is 1. The van der Waals surface area contributed by atoms with Gasteiger partial charge >= 0.3 is 0 Å². The first-order chi connectivity index (χ1) is 11.2. The van der Waals surface area contributed by atoms with E-state index in [1.165, 1.54) is 16.7 Å². The topological polar surface area (TPSA) is 30.5 Å². The molecule has 0 bridgehead atoms. The number of hydrogen-bond acceptors (Lipinski definition) is 3. The van der Waals surface area contributed by atoms with E-state index in [-0.39, 0.29) is 12.2 Å². The zero-order valence-corrected chi connectivity index (χ0v) is 14.7. The molecule has 4 heteroatoms. The predicted molar refractivity (Wildman–Crippen MR) is 94.3 cm³/mol. The number of aryl methyl sites for hydroxylation is 2. The van der Waals surface area contributed by atoms with Crippen molar-refractivity contribution in [3.63, 3.8) is 0 Å². The molecule has 1 N–H and O–H groups in total. The van der Waals surface area contributed by atoms with Crippen LogP contribution in [0.2, 0.25) is 0 Å². The van der Waals surface area contributed by atoms with E-state index < -0.39 is 0 Å². The van der Waals surface area contributed by atoms with Crippen LogP contribution in [0.4, 0.5) is 0 Å². The van der Waals surface area contributed by atoms with Crippen LogP contribution >= 0.6 is 15.9 Å². The maximum atomic E-state index is 6.33. The molecular formula is C19H20BrNO2. The molecule has 0 spiro atoms. The van der Waals surface area contributed by atoms with E-state index in [2.05, 4.69) is 46.4 Å². The standard InChI is InChI=1S/C19H20BrNO2/c1-12-2-5-16-13(8-12)3-6-17(16)23-18-7-4-14(20)9-19(18)22-15-10-21-11-15/h2,4-5,7-9,15,17,21H,3,6,10-11H2,1H3. The van der Waals surface area contributed by atoms with Crippen molar-refractivity contribution in [1.29, 1.82) is 0 Å². The molecule has 0 saturated carbocycles. The molecule has 1 unspecified atom stereocenters. The Balaban J connectivity index is 1.57. The van der Waals surface area contributed by atoms with E-state index in [1.54, 1.807) is 0 Å². The van der Waals surface area contributed by atoms with Crippen LogP contribution in [0.1, 0.15) is 29.2 Å². The van der Waals surface area contributed by atoms with E-state index in [0.29, 0.717) is 0 Å². The van der Waals surface area contributed by atoms with E-state index in [0.717, 1.165) is 41.9 Å². The van der Waals surface area contributed by atoms with Crippen LogP contribution < -0.4 is 14.8 Å². The number of ether oxygens (including phenoxy) is 2. The van der Waals surface area contributed by atoms with Gasteiger partial charge in [0.25, 0.3) is 0 Å². The van der Waals surface area contributed by atoms with Crippen LogP contribution in [-0.4, -0.2) is 19.2 Å². The van der Waals surface area contributed by atoms with E-state index in [4.69, 9.17) is 9.47 Å². The Morgan fingerprint density at radius 3 is 2.70 bits per heavy atom. The number of hydrogen-bond donors (Lipinski definition) is 1. The molecule has 1 fully saturated rings. The minimum atomic E-state index is 0.119. The first-order valence-electron chi connectivity index (χ1n) is 8.12. The zero-order valence-electron chi connectivity index (χ0n) is 13.1. The number of rotatable bonds is 4. The van der Waals surface area contributed by atoms with Gasteiger partial charge in [0.05, 0.1) is 0 Å². The highest BCUT2D eigenvalue weighted by Crippen LogP contribution is 2.39. The molecule has 1 heterocycles. The minimum Gasteiger partial charge on any atom is -0.484 e. The molecule has 1 atom stereocenters. The third-order valence-electron chi connectivity index (χ3n) is 4.53. The summed E-state index contributed by atoms with van der Waals surface area (Å²) in [5.74, 6) is 1.66. The van der Waals surface area contributed by atoms with Crippen LogP contribution in [0.5, 0.6) is 11.5 Å². The largest absolute Gasteiger partial charge is 0.484 e. The van der Waals surface area contributed by atoms with Crippen molar-refractivity contribution in [2.24, 2.45) is 0 Å². The van der Waals surface area contributed by atoms with Gasteiger partial charge in [-0.25, -0.2) is 0 Å². The zero-order chi connectivity index (χ0) is 15.8. The summed E-state index contributed by atoms with van der Waals surface area (Å²) in [4.78, 5) is 0.